The molecule has 0 spiro atoms. The number of aromatic amines is 1. The van der Waals surface area contributed by atoms with Crippen LogP contribution in [0.1, 0.15) is 49.2 Å². The van der Waals surface area contributed by atoms with Crippen LogP contribution in [0, 0.1) is 12.7 Å². The van der Waals surface area contributed by atoms with Crippen LogP contribution in [-0.2, 0) is 14.9 Å². The molecule has 1 amide bonds. The Balaban J connectivity index is 1.36. The fourth-order valence-electron chi connectivity index (χ4n) is 4.99. The molecule has 1 aliphatic rings. The highest BCUT2D eigenvalue weighted by atomic mass is 32.2. The average Bonchev–Trinajstić information content (AvgIpc) is 3.45. The monoisotopic (exact) mass is 652 g/mol. The van der Waals surface area contributed by atoms with Crippen LogP contribution in [0.3, 0.4) is 0 Å². The van der Waals surface area contributed by atoms with Crippen molar-refractivity contribution in [3.8, 4) is 11.1 Å². The Morgan fingerprint density at radius 3 is 2.35 bits per heavy atom. The van der Waals surface area contributed by atoms with Gasteiger partial charge in [-0.15, -0.1) is 0 Å². The molecule has 1 aromatic carbocycles. The van der Waals surface area contributed by atoms with E-state index in [-0.39, 0.29) is 35.0 Å². The number of carbonyl (C=O) groups excluding carboxylic acids is 2. The summed E-state index contributed by atoms with van der Waals surface area (Å²) in [7, 11) is -2.48. The van der Waals surface area contributed by atoms with Crippen LogP contribution < -0.4 is 9.62 Å². The molecule has 1 fully saturated rings. The third kappa shape index (κ3) is 6.79. The van der Waals surface area contributed by atoms with Gasteiger partial charge in [0.1, 0.15) is 17.1 Å². The van der Waals surface area contributed by atoms with Crippen molar-refractivity contribution in [2.24, 2.45) is 0 Å². The number of benzene rings is 1. The highest BCUT2D eigenvalue weighted by Gasteiger charge is 2.27. The number of aromatic nitrogens is 4. The van der Waals surface area contributed by atoms with Gasteiger partial charge in [-0.1, -0.05) is 6.92 Å². The molecule has 0 atom stereocenters. The molecule has 2 N–H and O–H groups in total. The number of hydrogen-bond donors (Lipinski definition) is 2. The Morgan fingerprint density at radius 2 is 1.72 bits per heavy atom. The number of fused-ring (bicyclic) bond motifs is 1. The molecular weight excluding hydrogens is 615 g/mol. The number of halogens is 1. The van der Waals surface area contributed by atoms with E-state index in [2.05, 4.69) is 24.7 Å². The van der Waals surface area contributed by atoms with Crippen molar-refractivity contribution in [3.05, 3.63) is 65.5 Å². The van der Waals surface area contributed by atoms with E-state index in [9.17, 15) is 18.0 Å². The minimum absolute atomic E-state index is 0.104. The summed E-state index contributed by atoms with van der Waals surface area (Å²) >= 11 is 0. The summed E-state index contributed by atoms with van der Waals surface area (Å²) in [5.41, 5.74) is 1.36. The molecule has 244 valence electrons. The fraction of sp³-hybridized carbons (Fsp3) is 0.387. The Hall–Kier alpha value is -4.63. The van der Waals surface area contributed by atoms with Gasteiger partial charge in [-0.2, -0.15) is 12.7 Å². The van der Waals surface area contributed by atoms with Crippen molar-refractivity contribution in [2.45, 2.75) is 40.2 Å². The number of hydrogen-bond acceptors (Lipinski definition) is 9. The summed E-state index contributed by atoms with van der Waals surface area (Å²) in [5.74, 6) is -0.878. The van der Waals surface area contributed by atoms with Crippen LogP contribution in [-0.4, -0.2) is 94.8 Å². The molecule has 4 heterocycles. The van der Waals surface area contributed by atoms with Gasteiger partial charge < -0.3 is 19.5 Å². The molecule has 46 heavy (non-hydrogen) atoms. The van der Waals surface area contributed by atoms with Gasteiger partial charge in [-0.25, -0.2) is 24.1 Å². The number of pyridine rings is 1. The minimum atomic E-state index is -3.89. The number of rotatable bonds is 8. The van der Waals surface area contributed by atoms with E-state index in [1.165, 1.54) is 26.2 Å². The Labute approximate surface area is 267 Å². The maximum Gasteiger partial charge on any atom is 0.410 e. The van der Waals surface area contributed by atoms with Gasteiger partial charge in [0.15, 0.2) is 5.78 Å². The normalized spacial score (nSPS) is 14.2. The van der Waals surface area contributed by atoms with E-state index in [0.29, 0.717) is 54.3 Å². The number of H-pyrrole nitrogens is 1. The molecule has 5 rings (SSSR count). The van der Waals surface area contributed by atoms with Crippen LogP contribution in [0.15, 0.2) is 43.0 Å². The lowest BCUT2D eigenvalue weighted by Gasteiger charge is -2.35. The lowest BCUT2D eigenvalue weighted by Crippen LogP contribution is -2.50. The van der Waals surface area contributed by atoms with E-state index in [0.717, 1.165) is 10.4 Å². The van der Waals surface area contributed by atoms with E-state index >= 15 is 4.39 Å². The van der Waals surface area contributed by atoms with E-state index < -0.39 is 27.4 Å². The van der Waals surface area contributed by atoms with Gasteiger partial charge in [-0.3, -0.25) is 9.52 Å². The molecular formula is C31H37FN8O5S. The Bertz CT molecular complexity index is 1880. The number of nitrogens with zero attached hydrogens (tertiary/aromatic N) is 6. The smallest absolute Gasteiger partial charge is 0.410 e. The number of nitrogens with one attached hydrogen (secondary N) is 2. The topological polar surface area (TPSA) is 154 Å². The van der Waals surface area contributed by atoms with E-state index in [1.807, 2.05) is 25.7 Å². The summed E-state index contributed by atoms with van der Waals surface area (Å²) in [6.07, 6.45) is 6.06. The first kappa shape index (κ1) is 32.8. The quantitative estimate of drug-likeness (QED) is 0.264. The van der Waals surface area contributed by atoms with Gasteiger partial charge in [0, 0.05) is 86.6 Å². The number of carbonyl (C=O) groups is 2. The van der Waals surface area contributed by atoms with Crippen LogP contribution in [0.25, 0.3) is 22.2 Å². The first-order valence-corrected chi connectivity index (χ1v) is 16.2. The van der Waals surface area contributed by atoms with Crippen LogP contribution in [0.5, 0.6) is 0 Å². The molecule has 0 unspecified atom stereocenters. The third-order valence-corrected chi connectivity index (χ3v) is 9.25. The second-order valence-corrected chi connectivity index (χ2v) is 13.8. The van der Waals surface area contributed by atoms with Crippen molar-refractivity contribution < 1.29 is 27.1 Å². The molecule has 0 bridgehead atoms. The molecule has 0 saturated carbocycles. The van der Waals surface area contributed by atoms with Crippen molar-refractivity contribution in [3.63, 3.8) is 0 Å². The van der Waals surface area contributed by atoms with Gasteiger partial charge in [0.25, 0.3) is 0 Å². The van der Waals surface area contributed by atoms with Gasteiger partial charge in [0.05, 0.1) is 11.3 Å². The van der Waals surface area contributed by atoms with Gasteiger partial charge in [0.2, 0.25) is 5.95 Å². The summed E-state index contributed by atoms with van der Waals surface area (Å²) in [5, 5.41) is 0.459. The van der Waals surface area contributed by atoms with E-state index in [4.69, 9.17) is 4.74 Å². The zero-order valence-corrected chi connectivity index (χ0v) is 27.4. The maximum absolute atomic E-state index is 15.1. The number of piperazine rings is 1. The predicted molar refractivity (Wildman–Crippen MR) is 173 cm³/mol. The highest BCUT2D eigenvalue weighted by molar-refractivity contribution is 7.90. The predicted octanol–water partition coefficient (Wildman–Crippen LogP) is 4.36. The third-order valence-electron chi connectivity index (χ3n) is 7.70. The zero-order chi connectivity index (χ0) is 33.4. The zero-order valence-electron chi connectivity index (χ0n) is 26.6. The number of anilines is 2. The highest BCUT2D eigenvalue weighted by Crippen LogP contribution is 2.30. The molecule has 3 aromatic heterocycles. The second kappa shape index (κ2) is 12.6. The molecule has 4 aromatic rings. The molecule has 13 nitrogen and oxygen atoms in total. The van der Waals surface area contributed by atoms with Crippen molar-refractivity contribution >= 4 is 44.8 Å². The molecule has 1 aliphatic heterocycles. The van der Waals surface area contributed by atoms with Crippen molar-refractivity contribution in [1.82, 2.24) is 29.1 Å². The maximum atomic E-state index is 15.1. The molecule has 1 saturated heterocycles. The first-order chi connectivity index (χ1) is 21.7. The van der Waals surface area contributed by atoms with Crippen molar-refractivity contribution in [2.75, 3.05) is 49.4 Å². The van der Waals surface area contributed by atoms with E-state index in [1.54, 1.807) is 36.5 Å². The second-order valence-electron chi connectivity index (χ2n) is 12.0. The summed E-state index contributed by atoms with van der Waals surface area (Å²) < 4.78 is 49.3. The summed E-state index contributed by atoms with van der Waals surface area (Å²) in [6.45, 7) is 11.0. The van der Waals surface area contributed by atoms with Gasteiger partial charge >= 0.3 is 16.3 Å². The number of ketones is 1. The molecule has 0 aliphatic carbocycles. The average molecular weight is 653 g/mol. The fourth-order valence-corrected chi connectivity index (χ4v) is 5.98. The minimum Gasteiger partial charge on any atom is -0.444 e. The molecule has 0 radical (unpaired) electrons. The summed E-state index contributed by atoms with van der Waals surface area (Å²) in [4.78, 5) is 46.2. The van der Waals surface area contributed by atoms with Crippen LogP contribution in [0.4, 0.5) is 20.8 Å². The Kier molecular flexibility index (Phi) is 9.00. The molecule has 15 heteroatoms. The van der Waals surface area contributed by atoms with Crippen LogP contribution in [0.2, 0.25) is 0 Å². The summed E-state index contributed by atoms with van der Waals surface area (Å²) in [6, 6.07) is 4.11. The van der Waals surface area contributed by atoms with Gasteiger partial charge in [-0.05, 0) is 51.5 Å². The number of amides is 1. The lowest BCUT2D eigenvalue weighted by atomic mass is 9.97. The largest absolute Gasteiger partial charge is 0.444 e. The number of ether oxygens (including phenoxy) is 1. The van der Waals surface area contributed by atoms with Crippen LogP contribution >= 0.6 is 0 Å². The standard InChI is InChI=1S/C31H37FN8O5S/c1-7-38(6)46(43,44)37-25-9-8-24(32)26(19(25)2)27(41)23-18-34-28-22(23)14-20(15-33-28)21-16-35-29(36-17-21)39-10-12-40(13-11-39)30(42)45-31(3,4)5/h8-9,14-18,37H,7,10-13H2,1-6H3,(H,33,34). The SMILES string of the molecule is CCN(C)S(=O)(=O)Nc1ccc(F)c(C(=O)c2c[nH]c3ncc(-c4cnc(N5CCN(C(=O)OC(C)(C)C)CC5)nc4)cc23)c1C. The first-order valence-electron chi connectivity index (χ1n) is 14.8. The lowest BCUT2D eigenvalue weighted by molar-refractivity contribution is 0.0240. The van der Waals surface area contributed by atoms with Crippen molar-refractivity contribution in [1.29, 1.82) is 0 Å². The Morgan fingerprint density at radius 1 is 1.07 bits per heavy atom.